The van der Waals surface area contributed by atoms with Crippen molar-refractivity contribution in [1.82, 2.24) is 4.90 Å². The second-order valence-corrected chi connectivity index (χ2v) is 15.1. The molecule has 4 atom stereocenters. The van der Waals surface area contributed by atoms with Crippen LogP contribution < -0.4 is 9.47 Å². The van der Waals surface area contributed by atoms with E-state index in [1.54, 1.807) is 0 Å². The lowest BCUT2D eigenvalue weighted by Crippen LogP contribution is -2.46. The van der Waals surface area contributed by atoms with E-state index in [4.69, 9.17) is 14.1 Å². The van der Waals surface area contributed by atoms with E-state index in [9.17, 15) is 19.7 Å². The van der Waals surface area contributed by atoms with Crippen molar-refractivity contribution in [3.63, 3.8) is 0 Å². The van der Waals surface area contributed by atoms with Crippen LogP contribution in [-0.2, 0) is 20.8 Å². The average Bonchev–Trinajstić information content (AvgIpc) is 3.73. The van der Waals surface area contributed by atoms with Crippen LogP contribution in [0.1, 0.15) is 35.3 Å². The average molecular weight is 802 g/mol. The predicted molar refractivity (Wildman–Crippen MR) is 203 cm³/mol. The summed E-state index contributed by atoms with van der Waals surface area (Å²) in [7, 11) is 0.454. The van der Waals surface area contributed by atoms with Gasteiger partial charge in [-0.15, -0.1) is 11.3 Å². The first-order chi connectivity index (χ1) is 24.3. The van der Waals surface area contributed by atoms with Gasteiger partial charge in [0.15, 0.2) is 11.5 Å². The lowest BCUT2D eigenvalue weighted by molar-refractivity contribution is -0.140. The van der Waals surface area contributed by atoms with Crippen LogP contribution in [-0.4, -0.2) is 53.8 Å². The predicted octanol–water partition coefficient (Wildman–Crippen LogP) is 7.46. The molecule has 0 unspecified atom stereocenters. The third-order valence-corrected chi connectivity index (χ3v) is 11.6. The first-order valence-electron chi connectivity index (χ1n) is 16.7. The molecule has 2 fully saturated rings. The van der Waals surface area contributed by atoms with Crippen LogP contribution in [0.5, 0.6) is 17.2 Å². The highest BCUT2D eigenvalue weighted by atomic mass is 127. The number of ether oxygens (including phenoxy) is 2. The van der Waals surface area contributed by atoms with Gasteiger partial charge in [-0.05, 0) is 118 Å². The summed E-state index contributed by atoms with van der Waals surface area (Å²) in [6, 6.07) is 27.2. The number of para-hydroxylation sites is 1. The van der Waals surface area contributed by atoms with E-state index in [0.29, 0.717) is 34.3 Å². The van der Waals surface area contributed by atoms with E-state index < -0.39 is 25.1 Å². The number of hydrogen-bond donors (Lipinski definition) is 2. The molecule has 11 heteroatoms. The zero-order valence-electron chi connectivity index (χ0n) is 27.5. The fourth-order valence-corrected chi connectivity index (χ4v) is 8.95. The number of phenolic OH excluding ortho intramolecular Hbond substituents is 1. The molecule has 8 nitrogen and oxygen atoms in total. The number of carbonyl (C=O) groups is 2. The van der Waals surface area contributed by atoms with Crippen LogP contribution in [0.15, 0.2) is 101 Å². The SMILES string of the molecule is COc1cc(/C=C(/CC[C@H]2OB(O)C[C@H]3C2=C(COc2ccccc2)C[C@H]2C(=O)N(Cc4cccs4)C(=O)[C@H]23)c2ccccc2)cc(I)c1O. The van der Waals surface area contributed by atoms with Gasteiger partial charge < -0.3 is 24.3 Å². The lowest BCUT2D eigenvalue weighted by Gasteiger charge is -2.43. The van der Waals surface area contributed by atoms with Gasteiger partial charge in [0, 0.05) is 4.88 Å². The Labute approximate surface area is 309 Å². The van der Waals surface area contributed by atoms with Gasteiger partial charge in [0.25, 0.3) is 0 Å². The standard InChI is InChI=1S/C39H37BINO7S/c1-47-34-19-24(18-32(41)37(34)43)17-26(25-9-4-2-5-10-25)14-15-33-35-27(23-48-28-11-6-3-7-12-28)20-30-36(31(35)21-40(46)49-33)39(45)42(38(30)44)22-29-13-8-16-50-29/h2-13,16-19,30-31,33,36,43,46H,14-15,20-23H2,1H3/b26-17-/t30-,31+,33-,36-/m1/s1. The summed E-state index contributed by atoms with van der Waals surface area (Å²) in [5.74, 6) is -0.543. The van der Waals surface area contributed by atoms with Crippen molar-refractivity contribution in [1.29, 1.82) is 0 Å². The number of methoxy groups -OCH3 is 1. The summed E-state index contributed by atoms with van der Waals surface area (Å²) < 4.78 is 18.7. The fraction of sp³-hybridized carbons (Fsp3) is 0.282. The molecule has 0 bridgehead atoms. The fourth-order valence-electron chi connectivity index (χ4n) is 7.64. The van der Waals surface area contributed by atoms with Crippen LogP contribution in [0, 0.1) is 21.3 Å². The smallest absolute Gasteiger partial charge is 0.455 e. The van der Waals surface area contributed by atoms with Crippen LogP contribution in [0.2, 0.25) is 6.32 Å². The number of thiophene rings is 1. The van der Waals surface area contributed by atoms with Gasteiger partial charge in [0.2, 0.25) is 11.8 Å². The molecule has 2 N–H and O–H groups in total. The number of carbonyl (C=O) groups excluding carboxylic acids is 2. The molecule has 0 spiro atoms. The number of aromatic hydroxyl groups is 1. The van der Waals surface area contributed by atoms with Gasteiger partial charge in [-0.2, -0.15) is 0 Å². The molecular weight excluding hydrogens is 764 g/mol. The van der Waals surface area contributed by atoms with Crippen molar-refractivity contribution in [2.45, 2.75) is 38.2 Å². The third kappa shape index (κ3) is 7.14. The molecule has 2 saturated heterocycles. The lowest BCUT2D eigenvalue weighted by atomic mass is 9.58. The quantitative estimate of drug-likeness (QED) is 0.0534. The number of hydrogen-bond acceptors (Lipinski definition) is 8. The Bertz CT molecular complexity index is 1920. The van der Waals surface area contributed by atoms with Crippen molar-refractivity contribution >= 4 is 64.5 Å². The first-order valence-corrected chi connectivity index (χ1v) is 18.7. The minimum Gasteiger partial charge on any atom is -0.504 e. The van der Waals surface area contributed by atoms with Gasteiger partial charge in [-0.25, -0.2) is 0 Å². The van der Waals surface area contributed by atoms with Gasteiger partial charge in [-0.1, -0.05) is 60.7 Å². The highest BCUT2D eigenvalue weighted by Crippen LogP contribution is 2.51. The summed E-state index contributed by atoms with van der Waals surface area (Å²) in [6.07, 6.45) is 3.36. The van der Waals surface area contributed by atoms with Gasteiger partial charge in [0.1, 0.15) is 12.4 Å². The Hall–Kier alpha value is -3.91. The molecule has 256 valence electrons. The Balaban J connectivity index is 1.23. The molecule has 50 heavy (non-hydrogen) atoms. The maximum atomic E-state index is 14.1. The van der Waals surface area contributed by atoms with Crippen molar-refractivity contribution < 1.29 is 33.8 Å². The Kier molecular flexibility index (Phi) is 10.5. The molecule has 4 aromatic rings. The second kappa shape index (κ2) is 15.1. The van der Waals surface area contributed by atoms with Gasteiger partial charge in [0.05, 0.1) is 35.2 Å². The Morgan fingerprint density at radius 1 is 1.04 bits per heavy atom. The zero-order valence-corrected chi connectivity index (χ0v) is 30.5. The van der Waals surface area contributed by atoms with Crippen molar-refractivity contribution in [2.24, 2.45) is 17.8 Å². The topological polar surface area (TPSA) is 106 Å². The molecule has 2 aliphatic heterocycles. The minimum absolute atomic E-state index is 0.101. The number of amides is 2. The summed E-state index contributed by atoms with van der Waals surface area (Å²) in [5, 5.41) is 23.5. The molecule has 1 aromatic heterocycles. The van der Waals surface area contributed by atoms with E-state index >= 15 is 0 Å². The van der Waals surface area contributed by atoms with E-state index in [1.165, 1.54) is 23.3 Å². The first kappa shape index (κ1) is 34.5. The van der Waals surface area contributed by atoms with Crippen molar-refractivity contribution in [2.75, 3.05) is 13.7 Å². The Morgan fingerprint density at radius 3 is 2.52 bits per heavy atom. The second-order valence-electron chi connectivity index (χ2n) is 12.9. The number of rotatable bonds is 11. The maximum Gasteiger partial charge on any atom is 0.455 e. The van der Waals surface area contributed by atoms with E-state index in [-0.39, 0.29) is 43.0 Å². The minimum atomic E-state index is -1.08. The molecule has 1 aliphatic carbocycles. The van der Waals surface area contributed by atoms with Gasteiger partial charge >= 0.3 is 7.12 Å². The highest BCUT2D eigenvalue weighted by molar-refractivity contribution is 14.1. The zero-order chi connectivity index (χ0) is 34.8. The number of allylic oxidation sites excluding steroid dienone is 1. The molecule has 3 aliphatic rings. The number of imide groups is 1. The number of nitrogens with zero attached hydrogens (tertiary/aromatic N) is 1. The van der Waals surface area contributed by atoms with Crippen LogP contribution in [0.4, 0.5) is 0 Å². The third-order valence-electron chi connectivity index (χ3n) is 9.88. The molecular formula is C39H37BINO7S. The van der Waals surface area contributed by atoms with E-state index in [0.717, 1.165) is 32.7 Å². The normalized spacial score (nSPS) is 22.1. The van der Waals surface area contributed by atoms with Crippen molar-refractivity contribution in [3.05, 3.63) is 121 Å². The molecule has 3 heterocycles. The van der Waals surface area contributed by atoms with Crippen LogP contribution >= 0.6 is 33.9 Å². The number of halogens is 1. The number of phenols is 1. The summed E-state index contributed by atoms with van der Waals surface area (Å²) >= 11 is 3.62. The van der Waals surface area contributed by atoms with Crippen LogP contribution in [0.25, 0.3) is 11.6 Å². The van der Waals surface area contributed by atoms with Crippen LogP contribution in [0.3, 0.4) is 0 Å². The van der Waals surface area contributed by atoms with E-state index in [1.807, 2.05) is 78.2 Å². The maximum absolute atomic E-state index is 14.1. The van der Waals surface area contributed by atoms with Gasteiger partial charge in [-0.3, -0.25) is 14.5 Å². The molecule has 0 saturated carbocycles. The monoisotopic (exact) mass is 801 g/mol. The number of benzene rings is 3. The molecule has 0 radical (unpaired) electrons. The summed E-state index contributed by atoms with van der Waals surface area (Å²) in [5.41, 5.74) is 4.88. The molecule has 2 amide bonds. The van der Waals surface area contributed by atoms with Crippen molar-refractivity contribution in [3.8, 4) is 17.2 Å². The molecule has 7 rings (SSSR count). The summed E-state index contributed by atoms with van der Waals surface area (Å²) in [6.45, 7) is 0.517. The summed E-state index contributed by atoms with van der Waals surface area (Å²) in [4.78, 5) is 30.3. The highest BCUT2D eigenvalue weighted by Gasteiger charge is 2.57. The van der Waals surface area contributed by atoms with E-state index in [2.05, 4.69) is 40.8 Å². The molecule has 3 aromatic carbocycles. The Morgan fingerprint density at radius 2 is 1.80 bits per heavy atom. The largest absolute Gasteiger partial charge is 0.504 e. The number of fused-ring (bicyclic) bond motifs is 3. The number of likely N-dealkylation sites (tertiary alicyclic amines) is 1.